The summed E-state index contributed by atoms with van der Waals surface area (Å²) in [4.78, 5) is 14.0. The number of ether oxygens (including phenoxy) is 2. The van der Waals surface area contributed by atoms with E-state index in [1.165, 1.54) is 30.9 Å². The van der Waals surface area contributed by atoms with Crippen molar-refractivity contribution >= 4 is 46.3 Å². The Hall–Kier alpha value is -3.01. The van der Waals surface area contributed by atoms with Crippen LogP contribution in [0, 0.1) is 6.92 Å². The number of aryl methyl sites for hydroxylation is 1. The third kappa shape index (κ3) is 5.32. The van der Waals surface area contributed by atoms with Crippen LogP contribution < -0.4 is 14.8 Å². The molecule has 4 rings (SSSR count). The molecule has 10 heteroatoms. The lowest BCUT2D eigenvalue weighted by molar-refractivity contribution is -0.113. The lowest BCUT2D eigenvalue weighted by Crippen LogP contribution is -2.15. The van der Waals surface area contributed by atoms with E-state index in [2.05, 4.69) is 40.0 Å². The van der Waals surface area contributed by atoms with Gasteiger partial charge in [0.15, 0.2) is 11.0 Å². The van der Waals surface area contributed by atoms with Crippen LogP contribution in [0.25, 0.3) is 22.5 Å². The highest BCUT2D eigenvalue weighted by Crippen LogP contribution is 2.39. The number of thioether (sulfide) groups is 1. The Bertz CT molecular complexity index is 1340. The molecule has 0 aliphatic rings. The van der Waals surface area contributed by atoms with Gasteiger partial charge in [0, 0.05) is 40.1 Å². The van der Waals surface area contributed by atoms with Crippen molar-refractivity contribution in [2.75, 3.05) is 25.3 Å². The summed E-state index contributed by atoms with van der Waals surface area (Å²) >= 11 is 9.18. The smallest absolute Gasteiger partial charge is 0.234 e. The summed E-state index contributed by atoms with van der Waals surface area (Å²) in [6.07, 6.45) is 0. The Morgan fingerprint density at radius 3 is 2.57 bits per heavy atom. The molecule has 7 nitrogen and oxygen atoms in total. The standard InChI is InChI=1S/C25H25ClN4O3S2/c1-5-30-24(17-13-34-15(2)23(17)16-9-7-6-8-10-16)28-29-25(30)35-14-22(31)27-19-12-20(32-3)18(26)11-21(19)33-4/h6-13H,5,14H2,1-4H3,(H,27,31). The molecule has 182 valence electrons. The maximum absolute atomic E-state index is 12.7. The van der Waals surface area contributed by atoms with E-state index in [0.717, 1.165) is 22.5 Å². The van der Waals surface area contributed by atoms with Crippen molar-refractivity contribution in [3.05, 3.63) is 57.7 Å². The molecule has 0 spiro atoms. The van der Waals surface area contributed by atoms with E-state index in [1.807, 2.05) is 29.7 Å². The van der Waals surface area contributed by atoms with Gasteiger partial charge in [-0.05, 0) is 19.4 Å². The predicted octanol–water partition coefficient (Wildman–Crippen LogP) is 6.40. The van der Waals surface area contributed by atoms with Crippen LogP contribution in [0.5, 0.6) is 11.5 Å². The van der Waals surface area contributed by atoms with Gasteiger partial charge in [-0.1, -0.05) is 53.7 Å². The summed E-state index contributed by atoms with van der Waals surface area (Å²) < 4.78 is 12.6. The van der Waals surface area contributed by atoms with E-state index in [9.17, 15) is 4.79 Å². The van der Waals surface area contributed by atoms with Crippen molar-refractivity contribution in [1.29, 1.82) is 0 Å². The van der Waals surface area contributed by atoms with Crippen LogP contribution in [0.2, 0.25) is 5.02 Å². The molecule has 0 aliphatic heterocycles. The average Bonchev–Trinajstić information content (AvgIpc) is 3.46. The SMILES string of the molecule is CCn1c(SCC(=O)Nc2cc(OC)c(Cl)cc2OC)nnc1-c1csc(C)c1-c1ccccc1. The number of amides is 1. The zero-order chi connectivity index (χ0) is 24.9. The van der Waals surface area contributed by atoms with Crippen molar-refractivity contribution in [2.24, 2.45) is 0 Å². The maximum atomic E-state index is 12.7. The highest BCUT2D eigenvalue weighted by Gasteiger charge is 2.21. The summed E-state index contributed by atoms with van der Waals surface area (Å²) in [5.74, 6) is 1.64. The molecule has 2 aromatic heterocycles. The molecule has 0 saturated carbocycles. The summed E-state index contributed by atoms with van der Waals surface area (Å²) in [6, 6.07) is 13.5. The van der Waals surface area contributed by atoms with E-state index < -0.39 is 0 Å². The molecule has 4 aromatic rings. The summed E-state index contributed by atoms with van der Waals surface area (Å²) in [7, 11) is 3.03. The monoisotopic (exact) mass is 528 g/mol. The van der Waals surface area contributed by atoms with Gasteiger partial charge in [0.05, 0.1) is 30.7 Å². The van der Waals surface area contributed by atoms with Gasteiger partial charge in [-0.3, -0.25) is 4.79 Å². The summed E-state index contributed by atoms with van der Waals surface area (Å²) in [6.45, 7) is 4.84. The Kier molecular flexibility index (Phi) is 8.00. The fourth-order valence-electron chi connectivity index (χ4n) is 3.74. The second kappa shape index (κ2) is 11.2. The van der Waals surface area contributed by atoms with Crippen LogP contribution in [-0.2, 0) is 11.3 Å². The number of thiophene rings is 1. The molecule has 0 atom stereocenters. The van der Waals surface area contributed by atoms with Gasteiger partial charge in [-0.2, -0.15) is 0 Å². The fourth-order valence-corrected chi connectivity index (χ4v) is 5.63. The van der Waals surface area contributed by atoms with Crippen molar-refractivity contribution in [2.45, 2.75) is 25.5 Å². The minimum atomic E-state index is -0.207. The molecule has 1 amide bonds. The van der Waals surface area contributed by atoms with E-state index in [0.29, 0.717) is 33.9 Å². The zero-order valence-electron chi connectivity index (χ0n) is 19.8. The molecule has 0 unspecified atom stereocenters. The molecule has 2 heterocycles. The minimum absolute atomic E-state index is 0.153. The van der Waals surface area contributed by atoms with Gasteiger partial charge < -0.3 is 19.4 Å². The van der Waals surface area contributed by atoms with Crippen molar-refractivity contribution in [3.8, 4) is 34.0 Å². The largest absolute Gasteiger partial charge is 0.495 e. The van der Waals surface area contributed by atoms with Gasteiger partial charge in [-0.25, -0.2) is 0 Å². The second-order valence-corrected chi connectivity index (χ2v) is 9.95. The Morgan fingerprint density at radius 2 is 1.89 bits per heavy atom. The highest BCUT2D eigenvalue weighted by molar-refractivity contribution is 7.99. The number of halogens is 1. The number of hydrogen-bond acceptors (Lipinski definition) is 7. The number of carbonyl (C=O) groups excluding carboxylic acids is 1. The number of hydrogen-bond donors (Lipinski definition) is 1. The molecule has 2 aromatic carbocycles. The first-order valence-electron chi connectivity index (χ1n) is 10.9. The summed E-state index contributed by atoms with van der Waals surface area (Å²) in [5, 5.41) is 15.0. The predicted molar refractivity (Wildman–Crippen MR) is 143 cm³/mol. The Balaban J connectivity index is 1.54. The van der Waals surface area contributed by atoms with Gasteiger partial charge in [0.2, 0.25) is 5.91 Å². The zero-order valence-corrected chi connectivity index (χ0v) is 22.2. The second-order valence-electron chi connectivity index (χ2n) is 7.52. The van der Waals surface area contributed by atoms with Crippen LogP contribution in [0.3, 0.4) is 0 Å². The lowest BCUT2D eigenvalue weighted by Gasteiger charge is -2.13. The molecule has 0 radical (unpaired) electrons. The fraction of sp³-hybridized carbons (Fsp3) is 0.240. The van der Waals surface area contributed by atoms with Crippen molar-refractivity contribution in [3.63, 3.8) is 0 Å². The number of nitrogens with one attached hydrogen (secondary N) is 1. The molecular weight excluding hydrogens is 504 g/mol. The lowest BCUT2D eigenvalue weighted by atomic mass is 10.0. The topological polar surface area (TPSA) is 78.3 Å². The third-order valence-corrected chi connectivity index (χ3v) is 7.57. The van der Waals surface area contributed by atoms with E-state index in [-0.39, 0.29) is 11.7 Å². The van der Waals surface area contributed by atoms with Crippen LogP contribution in [-0.4, -0.2) is 40.6 Å². The number of anilines is 1. The van der Waals surface area contributed by atoms with Crippen LogP contribution in [0.15, 0.2) is 53.0 Å². The van der Waals surface area contributed by atoms with E-state index >= 15 is 0 Å². The Labute approximate surface area is 217 Å². The number of carbonyl (C=O) groups is 1. The van der Waals surface area contributed by atoms with E-state index in [1.54, 1.807) is 23.5 Å². The first kappa shape index (κ1) is 25.1. The van der Waals surface area contributed by atoms with Gasteiger partial charge in [0.25, 0.3) is 0 Å². The molecular formula is C25H25ClN4O3S2. The van der Waals surface area contributed by atoms with Gasteiger partial charge in [-0.15, -0.1) is 21.5 Å². The number of methoxy groups -OCH3 is 2. The quantitative estimate of drug-likeness (QED) is 0.253. The maximum Gasteiger partial charge on any atom is 0.234 e. The number of aromatic nitrogens is 3. The molecule has 0 saturated heterocycles. The first-order chi connectivity index (χ1) is 17.0. The number of nitrogens with zero attached hydrogens (tertiary/aromatic N) is 3. The van der Waals surface area contributed by atoms with Crippen LogP contribution in [0.1, 0.15) is 11.8 Å². The van der Waals surface area contributed by atoms with Crippen molar-refractivity contribution < 1.29 is 14.3 Å². The number of benzene rings is 2. The van der Waals surface area contributed by atoms with Crippen LogP contribution in [0.4, 0.5) is 5.69 Å². The number of rotatable bonds is 9. The first-order valence-corrected chi connectivity index (χ1v) is 13.1. The summed E-state index contributed by atoms with van der Waals surface area (Å²) in [5.41, 5.74) is 3.84. The van der Waals surface area contributed by atoms with Crippen LogP contribution >= 0.6 is 34.7 Å². The Morgan fingerprint density at radius 1 is 1.14 bits per heavy atom. The van der Waals surface area contributed by atoms with Gasteiger partial charge in [0.1, 0.15) is 11.5 Å². The van der Waals surface area contributed by atoms with Gasteiger partial charge >= 0.3 is 0 Å². The molecule has 0 aliphatic carbocycles. The average molecular weight is 529 g/mol. The molecule has 0 fully saturated rings. The minimum Gasteiger partial charge on any atom is -0.495 e. The molecule has 0 bridgehead atoms. The van der Waals surface area contributed by atoms with Crippen molar-refractivity contribution in [1.82, 2.24) is 14.8 Å². The normalized spacial score (nSPS) is 10.9. The highest BCUT2D eigenvalue weighted by atomic mass is 35.5. The third-order valence-electron chi connectivity index (χ3n) is 5.39. The molecule has 1 N–H and O–H groups in total. The van der Waals surface area contributed by atoms with E-state index in [4.69, 9.17) is 21.1 Å². The molecule has 35 heavy (non-hydrogen) atoms.